The van der Waals surface area contributed by atoms with E-state index in [9.17, 15) is 5.11 Å². The second-order valence-electron chi connectivity index (χ2n) is 5.22. The minimum atomic E-state index is -0.406. The molecule has 1 saturated heterocycles. The number of hydrogen-bond donors (Lipinski definition) is 2. The lowest BCUT2D eigenvalue weighted by molar-refractivity contribution is -0.307. The van der Waals surface area contributed by atoms with E-state index in [0.29, 0.717) is 12.0 Å². The number of hydrogen-bond acceptors (Lipinski definition) is 3. The lowest BCUT2D eigenvalue weighted by atomic mass is 9.42. The van der Waals surface area contributed by atoms with Gasteiger partial charge in [-0.3, -0.25) is 0 Å². The predicted molar refractivity (Wildman–Crippen MR) is 53.0 cm³/mol. The normalized spacial score (nSPS) is 45.4. The minimum absolute atomic E-state index is 0.133. The molecular weight excluding hydrogens is 178 g/mol. The van der Waals surface area contributed by atoms with Crippen molar-refractivity contribution in [1.82, 2.24) is 5.32 Å². The van der Waals surface area contributed by atoms with Crippen molar-refractivity contribution in [2.24, 2.45) is 11.3 Å². The van der Waals surface area contributed by atoms with E-state index in [0.717, 1.165) is 19.5 Å². The molecule has 3 nitrogen and oxygen atoms in total. The first kappa shape index (κ1) is 9.13. The monoisotopic (exact) mass is 197 g/mol. The van der Waals surface area contributed by atoms with E-state index in [1.165, 1.54) is 19.3 Å². The lowest BCUT2D eigenvalue weighted by Gasteiger charge is -2.69. The molecule has 3 fully saturated rings. The third-order valence-electron chi connectivity index (χ3n) is 4.96. The van der Waals surface area contributed by atoms with Crippen LogP contribution in [0, 0.1) is 11.3 Å². The van der Waals surface area contributed by atoms with Crippen LogP contribution in [-0.2, 0) is 4.74 Å². The van der Waals surface area contributed by atoms with Gasteiger partial charge in [0.1, 0.15) is 0 Å². The molecule has 2 atom stereocenters. The summed E-state index contributed by atoms with van der Waals surface area (Å²) in [6.45, 7) is 1.99. The van der Waals surface area contributed by atoms with Crippen LogP contribution < -0.4 is 5.32 Å². The molecule has 0 bridgehead atoms. The maximum atomic E-state index is 10.7. The molecular formula is C11H19NO2. The minimum Gasteiger partial charge on any atom is -0.389 e. The average Bonchev–Trinajstić information content (AvgIpc) is 1.93. The number of aliphatic hydroxyl groups is 1. The molecule has 3 heteroatoms. The fourth-order valence-electron chi connectivity index (χ4n) is 3.65. The Balaban J connectivity index is 1.81. The van der Waals surface area contributed by atoms with E-state index < -0.39 is 5.60 Å². The Bertz CT molecular complexity index is 243. The van der Waals surface area contributed by atoms with Gasteiger partial charge in [0.2, 0.25) is 0 Å². The molecule has 0 amide bonds. The van der Waals surface area contributed by atoms with E-state index in [1.54, 1.807) is 7.11 Å². The van der Waals surface area contributed by atoms with E-state index in [-0.39, 0.29) is 5.41 Å². The summed E-state index contributed by atoms with van der Waals surface area (Å²) in [7, 11) is 1.78. The molecule has 80 valence electrons. The zero-order valence-corrected chi connectivity index (χ0v) is 8.75. The van der Waals surface area contributed by atoms with Crippen LogP contribution in [0.15, 0.2) is 0 Å². The largest absolute Gasteiger partial charge is 0.389 e. The molecule has 3 aliphatic rings. The van der Waals surface area contributed by atoms with Gasteiger partial charge in [-0.1, -0.05) is 6.42 Å². The zero-order chi connectivity index (χ0) is 9.81. The Labute approximate surface area is 84.8 Å². The molecule has 0 aromatic carbocycles. The van der Waals surface area contributed by atoms with Crippen LogP contribution in [-0.4, -0.2) is 37.0 Å². The van der Waals surface area contributed by atoms with Crippen LogP contribution in [0.3, 0.4) is 0 Å². The topological polar surface area (TPSA) is 41.5 Å². The smallest absolute Gasteiger partial charge is 0.0805 e. The van der Waals surface area contributed by atoms with Crippen LogP contribution in [0.1, 0.15) is 25.7 Å². The molecule has 2 aliphatic carbocycles. The van der Waals surface area contributed by atoms with Gasteiger partial charge in [-0.05, 0) is 12.8 Å². The van der Waals surface area contributed by atoms with Crippen LogP contribution in [0.25, 0.3) is 0 Å². The number of ether oxygens (including phenoxy) is 1. The Hall–Kier alpha value is -0.120. The second-order valence-corrected chi connectivity index (χ2v) is 5.22. The van der Waals surface area contributed by atoms with Gasteiger partial charge in [-0.25, -0.2) is 0 Å². The van der Waals surface area contributed by atoms with E-state index in [1.807, 2.05) is 0 Å². The molecule has 0 aromatic heterocycles. The highest BCUT2D eigenvalue weighted by atomic mass is 16.5. The Morgan fingerprint density at radius 2 is 2.07 bits per heavy atom. The zero-order valence-electron chi connectivity index (χ0n) is 8.75. The van der Waals surface area contributed by atoms with Crippen LogP contribution >= 0.6 is 0 Å². The molecule has 1 aliphatic heterocycles. The average molecular weight is 197 g/mol. The fourth-order valence-corrected chi connectivity index (χ4v) is 3.65. The van der Waals surface area contributed by atoms with Gasteiger partial charge < -0.3 is 15.2 Å². The van der Waals surface area contributed by atoms with Gasteiger partial charge >= 0.3 is 0 Å². The van der Waals surface area contributed by atoms with Gasteiger partial charge in [-0.2, -0.15) is 0 Å². The SMILES string of the molecule is COC1CC(O)(C2CNC2)C12CCC2. The first-order chi connectivity index (χ1) is 6.73. The molecule has 14 heavy (non-hydrogen) atoms. The molecule has 1 heterocycles. The van der Waals surface area contributed by atoms with E-state index >= 15 is 0 Å². The number of nitrogens with one attached hydrogen (secondary N) is 1. The molecule has 1 spiro atoms. The van der Waals surface area contributed by atoms with Crippen LogP contribution in [0.4, 0.5) is 0 Å². The highest BCUT2D eigenvalue weighted by Gasteiger charge is 2.70. The highest BCUT2D eigenvalue weighted by molar-refractivity contribution is 5.21. The first-order valence-corrected chi connectivity index (χ1v) is 5.69. The Kier molecular flexibility index (Phi) is 1.77. The van der Waals surface area contributed by atoms with Crippen molar-refractivity contribution in [2.45, 2.75) is 37.4 Å². The maximum Gasteiger partial charge on any atom is 0.0805 e. The van der Waals surface area contributed by atoms with Crippen LogP contribution in [0.2, 0.25) is 0 Å². The van der Waals surface area contributed by atoms with Gasteiger partial charge in [0.05, 0.1) is 11.7 Å². The summed E-state index contributed by atoms with van der Waals surface area (Å²) in [5.41, 5.74) is -0.272. The Morgan fingerprint density at radius 3 is 2.43 bits per heavy atom. The number of methoxy groups -OCH3 is 1. The summed E-state index contributed by atoms with van der Waals surface area (Å²) in [4.78, 5) is 0. The van der Waals surface area contributed by atoms with Gasteiger partial charge in [0.25, 0.3) is 0 Å². The van der Waals surface area contributed by atoms with E-state index in [2.05, 4.69) is 5.32 Å². The van der Waals surface area contributed by atoms with Crippen molar-refractivity contribution in [3.05, 3.63) is 0 Å². The lowest BCUT2D eigenvalue weighted by Crippen LogP contribution is -2.77. The summed E-state index contributed by atoms with van der Waals surface area (Å²) >= 11 is 0. The predicted octanol–water partition coefficient (Wildman–Crippen LogP) is 0.526. The third kappa shape index (κ3) is 0.802. The van der Waals surface area contributed by atoms with Crippen molar-refractivity contribution in [3.63, 3.8) is 0 Å². The van der Waals surface area contributed by atoms with E-state index in [4.69, 9.17) is 4.74 Å². The molecule has 0 radical (unpaired) electrons. The van der Waals surface area contributed by atoms with Crippen molar-refractivity contribution in [3.8, 4) is 0 Å². The van der Waals surface area contributed by atoms with Crippen LogP contribution in [0.5, 0.6) is 0 Å². The molecule has 2 saturated carbocycles. The number of rotatable bonds is 2. The summed E-state index contributed by atoms with van der Waals surface area (Å²) in [6, 6.07) is 0. The van der Waals surface area contributed by atoms with Crippen molar-refractivity contribution >= 4 is 0 Å². The van der Waals surface area contributed by atoms with Gasteiger partial charge in [-0.15, -0.1) is 0 Å². The van der Waals surface area contributed by atoms with Gasteiger partial charge in [0.15, 0.2) is 0 Å². The maximum absolute atomic E-state index is 10.7. The van der Waals surface area contributed by atoms with Gasteiger partial charge in [0, 0.05) is 38.0 Å². The summed E-state index contributed by atoms with van der Waals surface area (Å²) in [6.07, 6.45) is 4.77. The fraction of sp³-hybridized carbons (Fsp3) is 1.00. The quantitative estimate of drug-likeness (QED) is 0.678. The van der Waals surface area contributed by atoms with Crippen molar-refractivity contribution in [2.75, 3.05) is 20.2 Å². The molecule has 2 unspecified atom stereocenters. The first-order valence-electron chi connectivity index (χ1n) is 5.69. The highest BCUT2D eigenvalue weighted by Crippen LogP contribution is 2.65. The summed E-state index contributed by atoms with van der Waals surface area (Å²) in [5, 5.41) is 13.9. The van der Waals surface area contributed by atoms with Crippen molar-refractivity contribution < 1.29 is 9.84 Å². The second kappa shape index (κ2) is 2.71. The molecule has 2 N–H and O–H groups in total. The summed E-state index contributed by atoms with van der Waals surface area (Å²) in [5.74, 6) is 0.481. The van der Waals surface area contributed by atoms with Crippen molar-refractivity contribution in [1.29, 1.82) is 0 Å². The Morgan fingerprint density at radius 1 is 1.36 bits per heavy atom. The molecule has 0 aromatic rings. The standard InChI is InChI=1S/C11H19NO2/c1-14-9-5-11(13,8-6-12-7-8)10(9)3-2-4-10/h8-9,12-13H,2-7H2,1H3. The molecule has 3 rings (SSSR count). The third-order valence-corrected chi connectivity index (χ3v) is 4.96. The summed E-state index contributed by atoms with van der Waals surface area (Å²) < 4.78 is 5.48.